The summed E-state index contributed by atoms with van der Waals surface area (Å²) in [5.41, 5.74) is 1.79. The number of benzene rings is 1. The maximum atomic E-state index is 8.82. The van der Waals surface area contributed by atoms with Gasteiger partial charge in [-0.15, -0.1) is 0 Å². The number of aliphatic hydroxyl groups is 1. The standard InChI is InChI=1S/C13H12ClN5O/c14-9-7-16-13(15-5-6-20)18-12(9)19-8-17-10-3-1-2-4-11(10)19/h1-4,7-8,20H,5-6H2,(H,15,16,18). The SMILES string of the molecule is OCCNc1ncc(Cl)c(-n2cnc3ccccc32)n1. The Kier molecular flexibility index (Phi) is 3.49. The quantitative estimate of drug-likeness (QED) is 0.767. The zero-order valence-electron chi connectivity index (χ0n) is 10.5. The molecule has 0 fully saturated rings. The van der Waals surface area contributed by atoms with Crippen LogP contribution in [0.4, 0.5) is 5.95 Å². The van der Waals surface area contributed by atoms with Gasteiger partial charge in [-0.05, 0) is 12.1 Å². The lowest BCUT2D eigenvalue weighted by molar-refractivity contribution is 0.311. The number of nitrogens with one attached hydrogen (secondary N) is 1. The van der Waals surface area contributed by atoms with E-state index in [0.717, 1.165) is 11.0 Å². The van der Waals surface area contributed by atoms with Crippen LogP contribution in [0.3, 0.4) is 0 Å². The fraction of sp³-hybridized carbons (Fsp3) is 0.154. The molecule has 1 aromatic carbocycles. The monoisotopic (exact) mass is 289 g/mol. The molecule has 0 bridgehead atoms. The van der Waals surface area contributed by atoms with Gasteiger partial charge in [-0.2, -0.15) is 4.98 Å². The molecule has 0 aliphatic rings. The van der Waals surface area contributed by atoms with Crippen LogP contribution in [0.25, 0.3) is 16.9 Å². The van der Waals surface area contributed by atoms with E-state index in [0.29, 0.717) is 23.3 Å². The molecule has 2 heterocycles. The number of aromatic nitrogens is 4. The van der Waals surface area contributed by atoms with E-state index in [9.17, 15) is 0 Å². The summed E-state index contributed by atoms with van der Waals surface area (Å²) in [7, 11) is 0. The van der Waals surface area contributed by atoms with Crippen molar-refractivity contribution in [3.05, 3.63) is 41.8 Å². The second kappa shape index (κ2) is 5.44. The predicted molar refractivity (Wildman–Crippen MR) is 77.2 cm³/mol. The Labute approximate surface area is 120 Å². The van der Waals surface area contributed by atoms with Crippen molar-refractivity contribution >= 4 is 28.6 Å². The van der Waals surface area contributed by atoms with Crippen LogP contribution in [0, 0.1) is 0 Å². The molecule has 2 N–H and O–H groups in total. The van der Waals surface area contributed by atoms with E-state index in [1.165, 1.54) is 6.20 Å². The summed E-state index contributed by atoms with van der Waals surface area (Å²) in [6.45, 7) is 0.390. The van der Waals surface area contributed by atoms with E-state index in [-0.39, 0.29) is 6.61 Å². The van der Waals surface area contributed by atoms with Crippen molar-refractivity contribution in [2.24, 2.45) is 0 Å². The van der Waals surface area contributed by atoms with Gasteiger partial charge < -0.3 is 10.4 Å². The third-order valence-electron chi connectivity index (χ3n) is 2.80. The zero-order chi connectivity index (χ0) is 13.9. The zero-order valence-corrected chi connectivity index (χ0v) is 11.2. The summed E-state index contributed by atoms with van der Waals surface area (Å²) in [6.07, 6.45) is 3.20. The summed E-state index contributed by atoms with van der Waals surface area (Å²) >= 11 is 6.17. The van der Waals surface area contributed by atoms with Crippen molar-refractivity contribution < 1.29 is 5.11 Å². The highest BCUT2D eigenvalue weighted by atomic mass is 35.5. The number of aliphatic hydroxyl groups excluding tert-OH is 1. The number of fused-ring (bicyclic) bond motifs is 1. The van der Waals surface area contributed by atoms with E-state index in [2.05, 4.69) is 20.3 Å². The van der Waals surface area contributed by atoms with Gasteiger partial charge in [0.05, 0.1) is 23.8 Å². The molecule has 7 heteroatoms. The minimum atomic E-state index is 0.00925. The van der Waals surface area contributed by atoms with Gasteiger partial charge in [-0.3, -0.25) is 4.57 Å². The highest BCUT2D eigenvalue weighted by molar-refractivity contribution is 6.32. The minimum Gasteiger partial charge on any atom is -0.395 e. The van der Waals surface area contributed by atoms with Crippen LogP contribution in [-0.2, 0) is 0 Å². The molecule has 0 amide bonds. The molecule has 0 aliphatic carbocycles. The molecule has 0 atom stereocenters. The first-order valence-electron chi connectivity index (χ1n) is 6.09. The second-order valence-electron chi connectivity index (χ2n) is 4.12. The van der Waals surface area contributed by atoms with Crippen LogP contribution in [0.1, 0.15) is 0 Å². The van der Waals surface area contributed by atoms with Crippen LogP contribution in [0.15, 0.2) is 36.8 Å². The maximum Gasteiger partial charge on any atom is 0.224 e. The number of nitrogens with zero attached hydrogens (tertiary/aromatic N) is 4. The molecule has 0 radical (unpaired) electrons. The van der Waals surface area contributed by atoms with E-state index in [1.54, 1.807) is 6.33 Å². The van der Waals surface area contributed by atoms with Crippen molar-refractivity contribution in [1.29, 1.82) is 0 Å². The molecule has 102 valence electrons. The molecule has 0 spiro atoms. The smallest absolute Gasteiger partial charge is 0.224 e. The third kappa shape index (κ3) is 2.31. The van der Waals surface area contributed by atoms with E-state index < -0.39 is 0 Å². The van der Waals surface area contributed by atoms with Crippen LogP contribution in [-0.4, -0.2) is 37.8 Å². The summed E-state index contributed by atoms with van der Waals surface area (Å²) < 4.78 is 1.81. The first kappa shape index (κ1) is 12.8. The fourth-order valence-corrected chi connectivity index (χ4v) is 2.09. The molecular formula is C13H12ClN5O. The lowest BCUT2D eigenvalue weighted by Crippen LogP contribution is -2.10. The average Bonchev–Trinajstić information content (AvgIpc) is 2.90. The Morgan fingerprint density at radius 3 is 2.95 bits per heavy atom. The molecule has 3 aromatic rings. The summed E-state index contributed by atoms with van der Waals surface area (Å²) in [5.74, 6) is 0.965. The lowest BCUT2D eigenvalue weighted by Gasteiger charge is -2.08. The van der Waals surface area contributed by atoms with E-state index in [1.807, 2.05) is 28.8 Å². The van der Waals surface area contributed by atoms with Gasteiger partial charge >= 0.3 is 0 Å². The molecule has 6 nitrogen and oxygen atoms in total. The Balaban J connectivity index is 2.08. The molecule has 0 aliphatic heterocycles. The van der Waals surface area contributed by atoms with Crippen molar-refractivity contribution in [3.8, 4) is 5.82 Å². The molecule has 20 heavy (non-hydrogen) atoms. The molecular weight excluding hydrogens is 278 g/mol. The van der Waals surface area contributed by atoms with Gasteiger partial charge in [0.25, 0.3) is 0 Å². The summed E-state index contributed by atoms with van der Waals surface area (Å²) in [6, 6.07) is 7.73. The highest BCUT2D eigenvalue weighted by Gasteiger charge is 2.10. The fourth-order valence-electron chi connectivity index (χ4n) is 1.91. The van der Waals surface area contributed by atoms with Crippen molar-refractivity contribution in [2.45, 2.75) is 0 Å². The summed E-state index contributed by atoms with van der Waals surface area (Å²) in [5, 5.41) is 12.2. The first-order valence-corrected chi connectivity index (χ1v) is 6.47. The number of anilines is 1. The van der Waals surface area contributed by atoms with Crippen LogP contribution in [0.5, 0.6) is 0 Å². The van der Waals surface area contributed by atoms with Gasteiger partial charge in [0.1, 0.15) is 11.3 Å². The van der Waals surface area contributed by atoms with Gasteiger partial charge in [-0.1, -0.05) is 23.7 Å². The number of imidazole rings is 1. The Morgan fingerprint density at radius 1 is 1.25 bits per heavy atom. The highest BCUT2D eigenvalue weighted by Crippen LogP contribution is 2.23. The first-order chi connectivity index (χ1) is 9.79. The second-order valence-corrected chi connectivity index (χ2v) is 4.53. The van der Waals surface area contributed by atoms with Crippen molar-refractivity contribution in [1.82, 2.24) is 19.5 Å². The predicted octanol–water partition coefficient (Wildman–Crippen LogP) is 1.87. The lowest BCUT2D eigenvalue weighted by atomic mass is 10.3. The molecule has 0 saturated heterocycles. The van der Waals surface area contributed by atoms with Crippen LogP contribution < -0.4 is 5.32 Å². The van der Waals surface area contributed by atoms with Crippen molar-refractivity contribution in [2.75, 3.05) is 18.5 Å². The average molecular weight is 290 g/mol. The number of hydrogen-bond donors (Lipinski definition) is 2. The van der Waals surface area contributed by atoms with Gasteiger partial charge in [0.2, 0.25) is 5.95 Å². The molecule has 0 unspecified atom stereocenters. The number of para-hydroxylation sites is 2. The largest absolute Gasteiger partial charge is 0.395 e. The van der Waals surface area contributed by atoms with E-state index >= 15 is 0 Å². The number of halogens is 1. The Morgan fingerprint density at radius 2 is 2.10 bits per heavy atom. The molecule has 0 saturated carbocycles. The maximum absolute atomic E-state index is 8.82. The topological polar surface area (TPSA) is 75.9 Å². The molecule has 3 rings (SSSR count). The molecule has 2 aromatic heterocycles. The van der Waals surface area contributed by atoms with Gasteiger partial charge in [-0.25, -0.2) is 9.97 Å². The Hall–Kier alpha value is -2.18. The number of rotatable bonds is 4. The minimum absolute atomic E-state index is 0.00925. The third-order valence-corrected chi connectivity index (χ3v) is 3.07. The van der Waals surface area contributed by atoms with Crippen molar-refractivity contribution in [3.63, 3.8) is 0 Å². The van der Waals surface area contributed by atoms with Crippen LogP contribution in [0.2, 0.25) is 5.02 Å². The Bertz CT molecular complexity index is 742. The van der Waals surface area contributed by atoms with Gasteiger partial charge in [0.15, 0.2) is 5.82 Å². The van der Waals surface area contributed by atoms with E-state index in [4.69, 9.17) is 16.7 Å². The summed E-state index contributed by atoms with van der Waals surface area (Å²) in [4.78, 5) is 12.7. The van der Waals surface area contributed by atoms with Gasteiger partial charge in [0, 0.05) is 6.54 Å². The normalized spacial score (nSPS) is 10.9. The van der Waals surface area contributed by atoms with Crippen LogP contribution >= 0.6 is 11.6 Å². The number of hydrogen-bond acceptors (Lipinski definition) is 5.